The van der Waals surface area contributed by atoms with Crippen LogP contribution in [0.25, 0.3) is 0 Å². The van der Waals surface area contributed by atoms with Crippen molar-refractivity contribution in [3.8, 4) is 5.75 Å². The van der Waals surface area contributed by atoms with Gasteiger partial charge >= 0.3 is 0 Å². The van der Waals surface area contributed by atoms with Crippen LogP contribution in [-0.2, 0) is 20.5 Å². The Morgan fingerprint density at radius 2 is 1.73 bits per heavy atom. The second kappa shape index (κ2) is 13.0. The highest BCUT2D eigenvalue weighted by Gasteiger charge is 2.34. The Labute approximate surface area is 225 Å². The molecule has 0 N–H and O–H groups in total. The summed E-state index contributed by atoms with van der Waals surface area (Å²) in [7, 11) is 4.06. The lowest BCUT2D eigenvalue weighted by atomic mass is 10.0. The van der Waals surface area contributed by atoms with Crippen molar-refractivity contribution >= 4 is 16.9 Å². The first-order chi connectivity index (χ1) is 17.8. The summed E-state index contributed by atoms with van der Waals surface area (Å²) in [4.78, 5) is 20.8. The predicted octanol–water partition coefficient (Wildman–Crippen LogP) is 2.69. The van der Waals surface area contributed by atoms with Gasteiger partial charge in [0.15, 0.2) is 0 Å². The Kier molecular flexibility index (Phi) is 10.0. The van der Waals surface area contributed by atoms with Crippen LogP contribution in [0.15, 0.2) is 17.0 Å². The summed E-state index contributed by atoms with van der Waals surface area (Å²) in [6.07, 6.45) is 6.40. The van der Waals surface area contributed by atoms with Gasteiger partial charge in [0.05, 0.1) is 18.6 Å². The first-order valence-electron chi connectivity index (χ1n) is 13.8. The molecule has 1 amide bonds. The maximum Gasteiger partial charge on any atom is 0.248 e. The minimum absolute atomic E-state index is 0.0247. The normalized spacial score (nSPS) is 22.5. The average Bonchev–Trinajstić information content (AvgIpc) is 3.57. The first kappa shape index (κ1) is 28.5. The second-order valence-electron chi connectivity index (χ2n) is 11.2. The third kappa shape index (κ3) is 7.53. The number of ether oxygens (including phenoxy) is 2. The van der Waals surface area contributed by atoms with Gasteiger partial charge in [0.25, 0.3) is 0 Å². The van der Waals surface area contributed by atoms with Crippen molar-refractivity contribution in [2.75, 3.05) is 73.7 Å². The molecule has 1 unspecified atom stereocenters. The molecular formula is C28H46N4O4S. The molecule has 0 radical (unpaired) electrons. The number of aryl methyl sites for hydroxylation is 2. The van der Waals surface area contributed by atoms with Crippen molar-refractivity contribution in [1.29, 1.82) is 0 Å². The maximum atomic E-state index is 13.1. The van der Waals surface area contributed by atoms with E-state index in [4.69, 9.17) is 9.47 Å². The summed E-state index contributed by atoms with van der Waals surface area (Å²) in [5, 5.41) is 0. The molecule has 2 atom stereocenters. The summed E-state index contributed by atoms with van der Waals surface area (Å²) >= 11 is 0. The molecule has 2 saturated heterocycles. The van der Waals surface area contributed by atoms with Gasteiger partial charge in [-0.1, -0.05) is 0 Å². The number of hydrogen-bond donors (Lipinski definition) is 0. The molecular weight excluding hydrogens is 488 g/mol. The number of carbonyl (C=O) groups excluding carboxylic acids is 1. The Balaban J connectivity index is 1.15. The number of methoxy groups -OCH3 is 1. The molecule has 1 aromatic rings. The van der Waals surface area contributed by atoms with E-state index >= 15 is 0 Å². The largest absolute Gasteiger partial charge is 0.497 e. The fraction of sp³-hybridized carbons (Fsp3) is 0.750. The molecule has 37 heavy (non-hydrogen) atoms. The average molecular weight is 535 g/mol. The maximum absolute atomic E-state index is 13.1. The Hall–Kier alpha value is -1.52. The van der Waals surface area contributed by atoms with Crippen LogP contribution >= 0.6 is 0 Å². The molecule has 0 spiro atoms. The fourth-order valence-corrected chi connectivity index (χ4v) is 6.97. The fourth-order valence-electron chi connectivity index (χ4n) is 5.75. The highest BCUT2D eigenvalue weighted by Crippen LogP contribution is 2.31. The molecule has 2 aliphatic heterocycles. The van der Waals surface area contributed by atoms with Gasteiger partial charge in [-0.05, 0) is 88.2 Å². The number of carbonyl (C=O) groups is 1. The molecule has 9 heteroatoms. The van der Waals surface area contributed by atoms with E-state index in [2.05, 4.69) is 9.80 Å². The van der Waals surface area contributed by atoms with Gasteiger partial charge in [-0.3, -0.25) is 9.69 Å². The number of likely N-dealkylation sites (tertiary alicyclic amines) is 2. The van der Waals surface area contributed by atoms with Crippen LogP contribution < -0.4 is 4.74 Å². The van der Waals surface area contributed by atoms with E-state index in [1.165, 1.54) is 45.3 Å². The highest BCUT2D eigenvalue weighted by molar-refractivity contribution is 7.82. The first-order valence-corrected chi connectivity index (χ1v) is 15.0. The van der Waals surface area contributed by atoms with E-state index in [9.17, 15) is 9.00 Å². The lowest BCUT2D eigenvalue weighted by Gasteiger charge is -2.37. The van der Waals surface area contributed by atoms with Gasteiger partial charge in [-0.2, -0.15) is 0 Å². The zero-order valence-electron chi connectivity index (χ0n) is 23.4. The SMILES string of the molecule is COc1cc(C)c(S(=O)N(C)CCOCC(=O)N(C)[C@H]2CCN(C3CCN(CC4CC4)CC3)C2)c(C)c1. The smallest absolute Gasteiger partial charge is 0.248 e. The number of piperidine rings is 1. The van der Waals surface area contributed by atoms with Crippen LogP contribution in [0.1, 0.15) is 43.2 Å². The van der Waals surface area contributed by atoms with Gasteiger partial charge in [0, 0.05) is 52.4 Å². The van der Waals surface area contributed by atoms with Crippen molar-refractivity contribution in [2.24, 2.45) is 5.92 Å². The van der Waals surface area contributed by atoms with Crippen LogP contribution in [0.3, 0.4) is 0 Å². The second-order valence-corrected chi connectivity index (χ2v) is 12.7. The molecule has 0 aromatic heterocycles. The van der Waals surface area contributed by atoms with Crippen molar-refractivity contribution in [3.05, 3.63) is 23.3 Å². The van der Waals surface area contributed by atoms with Gasteiger partial charge in [-0.15, -0.1) is 0 Å². The number of likely N-dealkylation sites (N-methyl/N-ethyl adjacent to an activating group) is 2. The molecule has 0 bridgehead atoms. The molecule has 1 aromatic carbocycles. The molecule has 2 heterocycles. The van der Waals surface area contributed by atoms with Gasteiger partial charge in [0.1, 0.15) is 23.3 Å². The van der Waals surface area contributed by atoms with Crippen molar-refractivity contribution in [2.45, 2.75) is 62.9 Å². The van der Waals surface area contributed by atoms with Gasteiger partial charge in [-0.25, -0.2) is 8.51 Å². The molecule has 1 saturated carbocycles. The monoisotopic (exact) mass is 534 g/mol. The third-order valence-electron chi connectivity index (χ3n) is 8.33. The van der Waals surface area contributed by atoms with Gasteiger partial charge in [0.2, 0.25) is 5.91 Å². The lowest BCUT2D eigenvalue weighted by Crippen LogP contribution is -2.46. The van der Waals surface area contributed by atoms with Crippen molar-refractivity contribution < 1.29 is 18.5 Å². The lowest BCUT2D eigenvalue weighted by molar-refractivity contribution is -0.136. The van der Waals surface area contributed by atoms with E-state index in [1.807, 2.05) is 45.0 Å². The zero-order valence-corrected chi connectivity index (χ0v) is 24.2. The number of rotatable bonds is 12. The number of amides is 1. The number of benzene rings is 1. The summed E-state index contributed by atoms with van der Waals surface area (Å²) in [5.41, 5.74) is 1.88. The Bertz CT molecular complexity index is 925. The summed E-state index contributed by atoms with van der Waals surface area (Å²) in [6.45, 7) is 10.6. The molecule has 208 valence electrons. The van der Waals surface area contributed by atoms with E-state index < -0.39 is 11.0 Å². The number of hydrogen-bond acceptors (Lipinski definition) is 6. The number of nitrogens with zero attached hydrogens (tertiary/aromatic N) is 4. The standard InChI is InChI=1S/C28H46N4O4S/c1-21-16-26(35-5)17-22(2)28(21)37(34)29(3)14-15-36-20-27(33)30(4)25-10-13-32(19-25)24-8-11-31(12-9-24)18-23-6-7-23/h16-17,23-25H,6-15,18-20H2,1-5H3/t25-,37?/m0/s1. The summed E-state index contributed by atoms with van der Waals surface area (Å²) in [6, 6.07) is 4.73. The highest BCUT2D eigenvalue weighted by atomic mass is 32.2. The van der Waals surface area contributed by atoms with Crippen molar-refractivity contribution in [1.82, 2.24) is 19.0 Å². The zero-order chi connectivity index (χ0) is 26.5. The van der Waals surface area contributed by atoms with Crippen LogP contribution in [0.2, 0.25) is 0 Å². The quantitative estimate of drug-likeness (QED) is 0.384. The third-order valence-corrected chi connectivity index (χ3v) is 10.1. The molecule has 3 fully saturated rings. The van der Waals surface area contributed by atoms with Crippen LogP contribution in [0, 0.1) is 19.8 Å². The molecule has 4 rings (SSSR count). The van der Waals surface area contributed by atoms with E-state index in [-0.39, 0.29) is 18.6 Å². The van der Waals surface area contributed by atoms with Crippen molar-refractivity contribution in [3.63, 3.8) is 0 Å². The van der Waals surface area contributed by atoms with E-state index in [1.54, 1.807) is 11.4 Å². The molecule has 8 nitrogen and oxygen atoms in total. The van der Waals surface area contributed by atoms with Crippen LogP contribution in [-0.4, -0.2) is 115 Å². The van der Waals surface area contributed by atoms with Crippen LogP contribution in [0.4, 0.5) is 0 Å². The Morgan fingerprint density at radius 1 is 1.05 bits per heavy atom. The van der Waals surface area contributed by atoms with E-state index in [0.29, 0.717) is 19.2 Å². The topological polar surface area (TPSA) is 65.6 Å². The van der Waals surface area contributed by atoms with Crippen LogP contribution in [0.5, 0.6) is 5.75 Å². The van der Waals surface area contributed by atoms with Gasteiger partial charge < -0.3 is 19.3 Å². The minimum Gasteiger partial charge on any atom is -0.497 e. The Morgan fingerprint density at radius 3 is 2.35 bits per heavy atom. The molecule has 3 aliphatic rings. The predicted molar refractivity (Wildman–Crippen MR) is 147 cm³/mol. The van der Waals surface area contributed by atoms with E-state index in [0.717, 1.165) is 47.2 Å². The summed E-state index contributed by atoms with van der Waals surface area (Å²) in [5.74, 6) is 1.76. The molecule has 1 aliphatic carbocycles. The summed E-state index contributed by atoms with van der Waals surface area (Å²) < 4.78 is 25.9. The minimum atomic E-state index is -1.30.